The smallest absolute Gasteiger partial charge is 0.0950 e. The predicted octanol–water partition coefficient (Wildman–Crippen LogP) is 4.03. The molecule has 0 unspecified atom stereocenters. The van der Waals surface area contributed by atoms with Gasteiger partial charge in [0.15, 0.2) is 0 Å². The number of rotatable bonds is 2. The summed E-state index contributed by atoms with van der Waals surface area (Å²) in [6.45, 7) is 0. The molecule has 0 bridgehead atoms. The van der Waals surface area contributed by atoms with Gasteiger partial charge in [0.25, 0.3) is 0 Å². The summed E-state index contributed by atoms with van der Waals surface area (Å²) in [5.74, 6) is 0. The van der Waals surface area contributed by atoms with E-state index in [2.05, 4.69) is 15.5 Å². The van der Waals surface area contributed by atoms with Crippen molar-refractivity contribution >= 4 is 33.9 Å². The fraction of sp³-hybridized carbons (Fsp3) is 0. The van der Waals surface area contributed by atoms with Gasteiger partial charge in [0.1, 0.15) is 0 Å². The van der Waals surface area contributed by atoms with Gasteiger partial charge in [-0.1, -0.05) is 35.9 Å². The molecule has 0 fully saturated rings. The fourth-order valence-electron chi connectivity index (χ4n) is 1.83. The quantitative estimate of drug-likeness (QED) is 0.751. The fourth-order valence-corrected chi connectivity index (χ4v) is 2.02. The third kappa shape index (κ3) is 2.13. The van der Waals surface area contributed by atoms with E-state index in [0.29, 0.717) is 5.02 Å². The standard InChI is InChI=1S/C14H10ClN3/c15-10-4-3-5-11(8-10)17-14-9-16-18-13-7-2-1-6-12(13)14/h1-9H,(H,17,18). The molecular formula is C14H10ClN3. The van der Waals surface area contributed by atoms with Crippen LogP contribution in [0.1, 0.15) is 0 Å². The van der Waals surface area contributed by atoms with Crippen LogP contribution >= 0.6 is 11.6 Å². The number of nitrogens with one attached hydrogen (secondary N) is 1. The molecule has 88 valence electrons. The molecule has 2 aromatic carbocycles. The average Bonchev–Trinajstić information content (AvgIpc) is 2.39. The zero-order valence-corrected chi connectivity index (χ0v) is 10.2. The number of anilines is 2. The monoisotopic (exact) mass is 255 g/mol. The van der Waals surface area contributed by atoms with Gasteiger partial charge in [-0.3, -0.25) is 0 Å². The highest BCUT2D eigenvalue weighted by Gasteiger charge is 2.02. The predicted molar refractivity (Wildman–Crippen MR) is 74.3 cm³/mol. The SMILES string of the molecule is Clc1cccc(Nc2cnnc3ccccc23)c1. The molecule has 4 heteroatoms. The summed E-state index contributed by atoms with van der Waals surface area (Å²) in [6.07, 6.45) is 1.71. The summed E-state index contributed by atoms with van der Waals surface area (Å²) in [7, 11) is 0. The molecule has 0 saturated carbocycles. The van der Waals surface area contributed by atoms with E-state index < -0.39 is 0 Å². The first-order valence-corrected chi connectivity index (χ1v) is 5.94. The van der Waals surface area contributed by atoms with E-state index in [4.69, 9.17) is 11.6 Å². The Labute approximate surface area is 109 Å². The largest absolute Gasteiger partial charge is 0.354 e. The van der Waals surface area contributed by atoms with Crippen LogP contribution in [0.2, 0.25) is 5.02 Å². The summed E-state index contributed by atoms with van der Waals surface area (Å²) in [6, 6.07) is 15.4. The van der Waals surface area contributed by atoms with Crippen LogP contribution in [0.5, 0.6) is 0 Å². The van der Waals surface area contributed by atoms with Crippen LogP contribution in [-0.4, -0.2) is 10.2 Å². The van der Waals surface area contributed by atoms with Crippen molar-refractivity contribution in [3.05, 3.63) is 59.8 Å². The van der Waals surface area contributed by atoms with Crippen molar-refractivity contribution in [2.75, 3.05) is 5.32 Å². The number of benzene rings is 2. The van der Waals surface area contributed by atoms with Gasteiger partial charge in [0.2, 0.25) is 0 Å². The lowest BCUT2D eigenvalue weighted by atomic mass is 10.2. The minimum Gasteiger partial charge on any atom is -0.354 e. The van der Waals surface area contributed by atoms with Crippen molar-refractivity contribution in [3.8, 4) is 0 Å². The first-order valence-electron chi connectivity index (χ1n) is 5.56. The maximum Gasteiger partial charge on any atom is 0.0950 e. The molecule has 0 radical (unpaired) electrons. The molecule has 0 aliphatic heterocycles. The van der Waals surface area contributed by atoms with Crippen LogP contribution in [-0.2, 0) is 0 Å². The van der Waals surface area contributed by atoms with Crippen LogP contribution < -0.4 is 5.32 Å². The average molecular weight is 256 g/mol. The zero-order valence-electron chi connectivity index (χ0n) is 9.47. The molecule has 0 spiro atoms. The van der Waals surface area contributed by atoms with Crippen LogP contribution in [0.3, 0.4) is 0 Å². The highest BCUT2D eigenvalue weighted by Crippen LogP contribution is 2.25. The topological polar surface area (TPSA) is 37.8 Å². The number of halogens is 1. The van der Waals surface area contributed by atoms with Crippen molar-refractivity contribution in [2.45, 2.75) is 0 Å². The van der Waals surface area contributed by atoms with Crippen molar-refractivity contribution in [1.82, 2.24) is 10.2 Å². The molecule has 3 aromatic rings. The van der Waals surface area contributed by atoms with Crippen LogP contribution in [0.15, 0.2) is 54.7 Å². The van der Waals surface area contributed by atoms with Crippen LogP contribution in [0.25, 0.3) is 10.9 Å². The first-order chi connectivity index (χ1) is 8.83. The lowest BCUT2D eigenvalue weighted by Crippen LogP contribution is -1.94. The van der Waals surface area contributed by atoms with Gasteiger partial charge in [-0.2, -0.15) is 10.2 Å². The van der Waals surface area contributed by atoms with Gasteiger partial charge >= 0.3 is 0 Å². The summed E-state index contributed by atoms with van der Waals surface area (Å²) in [4.78, 5) is 0. The molecule has 1 N–H and O–H groups in total. The van der Waals surface area contributed by atoms with E-state index in [1.807, 2.05) is 48.5 Å². The van der Waals surface area contributed by atoms with E-state index >= 15 is 0 Å². The minimum atomic E-state index is 0.700. The maximum absolute atomic E-state index is 5.96. The Kier molecular flexibility index (Phi) is 2.82. The van der Waals surface area contributed by atoms with E-state index in [0.717, 1.165) is 22.3 Å². The minimum absolute atomic E-state index is 0.700. The Morgan fingerprint density at radius 3 is 2.78 bits per heavy atom. The molecule has 0 aliphatic carbocycles. The van der Waals surface area contributed by atoms with Crippen LogP contribution in [0, 0.1) is 0 Å². The molecule has 0 atom stereocenters. The number of hydrogen-bond donors (Lipinski definition) is 1. The molecule has 0 saturated heterocycles. The number of hydrogen-bond acceptors (Lipinski definition) is 3. The molecule has 3 nitrogen and oxygen atoms in total. The highest BCUT2D eigenvalue weighted by molar-refractivity contribution is 6.30. The molecule has 3 rings (SSSR count). The Balaban J connectivity index is 2.05. The van der Waals surface area contributed by atoms with Gasteiger partial charge < -0.3 is 5.32 Å². The molecule has 0 amide bonds. The molecule has 1 aromatic heterocycles. The molecule has 1 heterocycles. The van der Waals surface area contributed by atoms with E-state index in [9.17, 15) is 0 Å². The summed E-state index contributed by atoms with van der Waals surface area (Å²) >= 11 is 5.96. The summed E-state index contributed by atoms with van der Waals surface area (Å²) in [5, 5.41) is 13.1. The summed E-state index contributed by atoms with van der Waals surface area (Å²) in [5.41, 5.74) is 2.72. The van der Waals surface area contributed by atoms with Gasteiger partial charge in [-0.25, -0.2) is 0 Å². The lowest BCUT2D eigenvalue weighted by molar-refractivity contribution is 1.08. The molecule has 0 aliphatic rings. The lowest BCUT2D eigenvalue weighted by Gasteiger charge is -2.08. The Bertz CT molecular complexity index is 692. The van der Waals surface area contributed by atoms with Crippen molar-refractivity contribution in [3.63, 3.8) is 0 Å². The second kappa shape index (κ2) is 4.63. The first kappa shape index (κ1) is 11.0. The zero-order chi connectivity index (χ0) is 12.4. The highest BCUT2D eigenvalue weighted by atomic mass is 35.5. The van der Waals surface area contributed by atoms with E-state index in [-0.39, 0.29) is 0 Å². The van der Waals surface area contributed by atoms with Gasteiger partial charge in [0.05, 0.1) is 17.4 Å². The second-order valence-corrected chi connectivity index (χ2v) is 4.35. The van der Waals surface area contributed by atoms with E-state index in [1.165, 1.54) is 0 Å². The Morgan fingerprint density at radius 2 is 1.89 bits per heavy atom. The number of nitrogens with zero attached hydrogens (tertiary/aromatic N) is 2. The summed E-state index contributed by atoms with van der Waals surface area (Å²) < 4.78 is 0. The number of fused-ring (bicyclic) bond motifs is 1. The third-order valence-electron chi connectivity index (χ3n) is 2.65. The van der Waals surface area contributed by atoms with Crippen LogP contribution in [0.4, 0.5) is 11.4 Å². The van der Waals surface area contributed by atoms with Gasteiger partial charge in [-0.05, 0) is 24.3 Å². The Morgan fingerprint density at radius 1 is 1.00 bits per heavy atom. The normalized spacial score (nSPS) is 10.5. The molecule has 18 heavy (non-hydrogen) atoms. The second-order valence-electron chi connectivity index (χ2n) is 3.91. The van der Waals surface area contributed by atoms with Gasteiger partial charge in [-0.15, -0.1) is 0 Å². The maximum atomic E-state index is 5.96. The molecular weight excluding hydrogens is 246 g/mol. The van der Waals surface area contributed by atoms with Crippen molar-refractivity contribution in [1.29, 1.82) is 0 Å². The van der Waals surface area contributed by atoms with Crippen molar-refractivity contribution in [2.24, 2.45) is 0 Å². The van der Waals surface area contributed by atoms with Gasteiger partial charge in [0, 0.05) is 16.1 Å². The Hall–Kier alpha value is -2.13. The van der Waals surface area contributed by atoms with Crippen molar-refractivity contribution < 1.29 is 0 Å². The number of aromatic nitrogens is 2. The van der Waals surface area contributed by atoms with E-state index in [1.54, 1.807) is 6.20 Å². The third-order valence-corrected chi connectivity index (χ3v) is 2.89.